The number of anilines is 2. The Kier molecular flexibility index (Phi) is 5.40. The van der Waals surface area contributed by atoms with E-state index in [1.54, 1.807) is 23.1 Å². The van der Waals surface area contributed by atoms with Crippen LogP contribution in [0.3, 0.4) is 0 Å². The Bertz CT molecular complexity index is 1120. The normalized spacial score (nSPS) is 21.6. The monoisotopic (exact) mass is 449 g/mol. The number of hydrogen-bond donors (Lipinski definition) is 0. The second-order valence-corrected chi connectivity index (χ2v) is 9.14. The van der Waals surface area contributed by atoms with E-state index in [2.05, 4.69) is 12.1 Å². The SMILES string of the molecule is N#Cc1cccc(N2C[C@@H](C(=O)N3CC4(CCOCC4)c4cc(CCl)ccc43)CC2=O)c1. The molecule has 7 heteroatoms. The molecule has 1 spiro atoms. The summed E-state index contributed by atoms with van der Waals surface area (Å²) in [7, 11) is 0. The Balaban J connectivity index is 1.42. The van der Waals surface area contributed by atoms with Crippen molar-refractivity contribution in [3.05, 3.63) is 59.2 Å². The molecule has 0 radical (unpaired) electrons. The third-order valence-electron chi connectivity index (χ3n) is 7.02. The van der Waals surface area contributed by atoms with Gasteiger partial charge in [0, 0.05) is 55.4 Å². The third kappa shape index (κ3) is 3.46. The van der Waals surface area contributed by atoms with Crippen LogP contribution < -0.4 is 9.80 Å². The lowest BCUT2D eigenvalue weighted by Gasteiger charge is -2.34. The molecule has 0 aliphatic carbocycles. The molecule has 0 N–H and O–H groups in total. The van der Waals surface area contributed by atoms with E-state index < -0.39 is 5.92 Å². The van der Waals surface area contributed by atoms with Crippen LogP contribution in [-0.2, 0) is 25.6 Å². The number of alkyl halides is 1. The van der Waals surface area contributed by atoms with Gasteiger partial charge in [0.25, 0.3) is 0 Å². The topological polar surface area (TPSA) is 73.6 Å². The fraction of sp³-hybridized carbons (Fsp3) is 0.400. The van der Waals surface area contributed by atoms with Gasteiger partial charge < -0.3 is 14.5 Å². The molecule has 5 rings (SSSR count). The van der Waals surface area contributed by atoms with Crippen molar-refractivity contribution in [2.75, 3.05) is 36.1 Å². The van der Waals surface area contributed by atoms with Crippen molar-refractivity contribution in [2.24, 2.45) is 5.92 Å². The van der Waals surface area contributed by atoms with Gasteiger partial charge in [-0.05, 0) is 48.2 Å². The molecule has 1 atom stereocenters. The molecular formula is C25H24ClN3O3. The van der Waals surface area contributed by atoms with Crippen LogP contribution >= 0.6 is 11.6 Å². The fourth-order valence-electron chi connectivity index (χ4n) is 5.27. The van der Waals surface area contributed by atoms with E-state index in [1.807, 2.05) is 23.1 Å². The Morgan fingerprint density at radius 1 is 1.22 bits per heavy atom. The standard InChI is InChI=1S/C25H24ClN3O3/c26-13-17-4-5-22-21(11-17)25(6-8-32-9-7-25)16-29(22)24(31)19-12-23(30)28(15-19)20-3-1-2-18(10-20)14-27/h1-5,10-11,19H,6-9,12-13,15-16H2/t19-/m0/s1. The third-order valence-corrected chi connectivity index (χ3v) is 7.32. The molecule has 2 aromatic carbocycles. The first kappa shape index (κ1) is 21.0. The van der Waals surface area contributed by atoms with Gasteiger partial charge in [0.1, 0.15) is 0 Å². The number of nitriles is 1. The highest BCUT2D eigenvalue weighted by molar-refractivity contribution is 6.17. The van der Waals surface area contributed by atoms with Crippen molar-refractivity contribution in [2.45, 2.75) is 30.6 Å². The summed E-state index contributed by atoms with van der Waals surface area (Å²) in [5, 5.41) is 9.17. The zero-order chi connectivity index (χ0) is 22.3. The first-order chi connectivity index (χ1) is 15.5. The number of carbonyl (C=O) groups excluding carboxylic acids is 2. The summed E-state index contributed by atoms with van der Waals surface area (Å²) < 4.78 is 5.62. The highest BCUT2D eigenvalue weighted by atomic mass is 35.5. The minimum absolute atomic E-state index is 0.0134. The predicted octanol–water partition coefficient (Wildman–Crippen LogP) is 3.74. The number of amides is 2. The van der Waals surface area contributed by atoms with Gasteiger partial charge in [0.15, 0.2) is 0 Å². The molecule has 2 fully saturated rings. The van der Waals surface area contributed by atoms with Crippen LogP contribution in [0.1, 0.15) is 36.0 Å². The Hall–Kier alpha value is -2.88. The minimum atomic E-state index is -0.413. The number of hydrogen-bond acceptors (Lipinski definition) is 4. The van der Waals surface area contributed by atoms with E-state index in [4.69, 9.17) is 16.3 Å². The van der Waals surface area contributed by atoms with Gasteiger partial charge in [-0.1, -0.05) is 18.2 Å². The average molecular weight is 450 g/mol. The molecule has 0 bridgehead atoms. The van der Waals surface area contributed by atoms with Crippen LogP contribution in [-0.4, -0.2) is 38.1 Å². The molecule has 3 heterocycles. The van der Waals surface area contributed by atoms with E-state index in [-0.39, 0.29) is 23.7 Å². The van der Waals surface area contributed by atoms with Crippen LogP contribution in [0, 0.1) is 17.2 Å². The minimum Gasteiger partial charge on any atom is -0.381 e. The van der Waals surface area contributed by atoms with E-state index in [1.165, 1.54) is 5.56 Å². The first-order valence-corrected chi connectivity index (χ1v) is 11.5. The van der Waals surface area contributed by atoms with Gasteiger partial charge in [0.05, 0.1) is 17.6 Å². The van der Waals surface area contributed by atoms with Gasteiger partial charge in [-0.3, -0.25) is 9.59 Å². The van der Waals surface area contributed by atoms with E-state index in [0.29, 0.717) is 43.4 Å². The van der Waals surface area contributed by atoms with Crippen LogP contribution in [0.5, 0.6) is 0 Å². The molecule has 0 saturated carbocycles. The van der Waals surface area contributed by atoms with Gasteiger partial charge in [-0.2, -0.15) is 5.26 Å². The van der Waals surface area contributed by atoms with Crippen LogP contribution in [0.2, 0.25) is 0 Å². The van der Waals surface area contributed by atoms with Gasteiger partial charge in [0.2, 0.25) is 11.8 Å². The summed E-state index contributed by atoms with van der Waals surface area (Å²) in [5.74, 6) is -0.0813. The van der Waals surface area contributed by atoms with Crippen LogP contribution in [0.25, 0.3) is 0 Å². The zero-order valence-electron chi connectivity index (χ0n) is 17.7. The summed E-state index contributed by atoms with van der Waals surface area (Å²) >= 11 is 6.10. The first-order valence-electron chi connectivity index (χ1n) is 10.9. The lowest BCUT2D eigenvalue weighted by molar-refractivity contribution is -0.124. The van der Waals surface area contributed by atoms with Crippen LogP contribution in [0.4, 0.5) is 11.4 Å². The summed E-state index contributed by atoms with van der Waals surface area (Å²) in [6.45, 7) is 2.30. The Morgan fingerprint density at radius 3 is 2.78 bits per heavy atom. The highest BCUT2D eigenvalue weighted by Gasteiger charge is 2.48. The lowest BCUT2D eigenvalue weighted by Crippen LogP contribution is -2.43. The van der Waals surface area contributed by atoms with Crippen molar-refractivity contribution in [1.29, 1.82) is 5.26 Å². The number of benzene rings is 2. The second-order valence-electron chi connectivity index (χ2n) is 8.87. The van der Waals surface area contributed by atoms with E-state index >= 15 is 0 Å². The zero-order valence-corrected chi connectivity index (χ0v) is 18.5. The molecule has 0 aromatic heterocycles. The largest absolute Gasteiger partial charge is 0.381 e. The smallest absolute Gasteiger partial charge is 0.232 e. The number of carbonyl (C=O) groups is 2. The van der Waals surface area contributed by atoms with Gasteiger partial charge in [-0.15, -0.1) is 11.6 Å². The average Bonchev–Trinajstić information content (AvgIpc) is 3.37. The summed E-state index contributed by atoms with van der Waals surface area (Å²) in [6, 6.07) is 15.2. The van der Waals surface area contributed by atoms with Crippen molar-refractivity contribution in [1.82, 2.24) is 0 Å². The maximum atomic E-state index is 13.7. The summed E-state index contributed by atoms with van der Waals surface area (Å²) in [4.78, 5) is 30.0. The molecule has 3 aliphatic rings. The maximum absolute atomic E-state index is 13.7. The van der Waals surface area contributed by atoms with Gasteiger partial charge >= 0.3 is 0 Å². The maximum Gasteiger partial charge on any atom is 0.232 e. The molecule has 164 valence electrons. The van der Waals surface area contributed by atoms with Gasteiger partial charge in [-0.25, -0.2) is 0 Å². The quantitative estimate of drug-likeness (QED) is 0.669. The molecule has 2 aromatic rings. The van der Waals surface area contributed by atoms with Crippen molar-refractivity contribution in [3.63, 3.8) is 0 Å². The summed E-state index contributed by atoms with van der Waals surface area (Å²) in [5.41, 5.74) is 4.20. The van der Waals surface area contributed by atoms with E-state index in [9.17, 15) is 14.9 Å². The molecule has 2 saturated heterocycles. The molecular weight excluding hydrogens is 426 g/mol. The van der Waals surface area contributed by atoms with E-state index in [0.717, 1.165) is 24.1 Å². The lowest BCUT2D eigenvalue weighted by atomic mass is 9.75. The Morgan fingerprint density at radius 2 is 2.03 bits per heavy atom. The molecule has 3 aliphatic heterocycles. The fourth-order valence-corrected chi connectivity index (χ4v) is 5.44. The molecule has 32 heavy (non-hydrogen) atoms. The molecule has 2 amide bonds. The second kappa shape index (κ2) is 8.23. The summed E-state index contributed by atoms with van der Waals surface area (Å²) in [6.07, 6.45) is 1.91. The van der Waals surface area contributed by atoms with Crippen molar-refractivity contribution < 1.29 is 14.3 Å². The number of ether oxygens (including phenoxy) is 1. The molecule has 0 unspecified atom stereocenters. The highest BCUT2D eigenvalue weighted by Crippen LogP contribution is 2.48. The Labute approximate surface area is 192 Å². The predicted molar refractivity (Wildman–Crippen MR) is 122 cm³/mol. The van der Waals surface area contributed by atoms with Crippen LogP contribution in [0.15, 0.2) is 42.5 Å². The van der Waals surface area contributed by atoms with Crippen molar-refractivity contribution >= 4 is 34.8 Å². The number of fused-ring (bicyclic) bond motifs is 2. The number of rotatable bonds is 3. The molecule has 6 nitrogen and oxygen atoms in total. The number of nitrogens with zero attached hydrogens (tertiary/aromatic N) is 3. The number of halogens is 1. The van der Waals surface area contributed by atoms with Crippen molar-refractivity contribution in [3.8, 4) is 6.07 Å².